The number of nitrogens with zero attached hydrogens (tertiary/aromatic N) is 1. The fourth-order valence-electron chi connectivity index (χ4n) is 4.84. The predicted molar refractivity (Wildman–Crippen MR) is 86.2 cm³/mol. The quantitative estimate of drug-likeness (QED) is 0.565. The first-order valence-corrected chi connectivity index (χ1v) is 8.71. The topological polar surface area (TPSA) is 32.6 Å². The van der Waals surface area contributed by atoms with Gasteiger partial charge in [-0.1, -0.05) is 33.1 Å². The van der Waals surface area contributed by atoms with Crippen molar-refractivity contribution in [1.82, 2.24) is 0 Å². The number of aliphatic imine (C=N–C) groups is 1. The Kier molecular flexibility index (Phi) is 5.65. The summed E-state index contributed by atoms with van der Waals surface area (Å²) in [6, 6.07) is 0. The molecule has 0 aliphatic heterocycles. The molecule has 2 nitrogen and oxygen atoms in total. The van der Waals surface area contributed by atoms with Gasteiger partial charge in [0.05, 0.1) is 6.10 Å². The van der Waals surface area contributed by atoms with E-state index in [0.29, 0.717) is 5.92 Å². The van der Waals surface area contributed by atoms with Gasteiger partial charge in [-0.15, -0.1) is 0 Å². The zero-order valence-electron chi connectivity index (χ0n) is 13.6. The molecule has 2 unspecified atom stereocenters. The Hall–Kier alpha value is -0.370. The zero-order chi connectivity index (χ0) is 14.6. The van der Waals surface area contributed by atoms with Gasteiger partial charge in [-0.3, -0.25) is 0 Å². The number of aliphatic hydroxyl groups is 1. The third kappa shape index (κ3) is 3.27. The van der Waals surface area contributed by atoms with Crippen LogP contribution < -0.4 is 0 Å². The number of aliphatic hydroxyl groups excluding tert-OH is 1. The number of rotatable bonds is 6. The van der Waals surface area contributed by atoms with Crippen LogP contribution in [-0.4, -0.2) is 24.5 Å². The van der Waals surface area contributed by atoms with Crippen LogP contribution in [0.5, 0.6) is 0 Å². The van der Waals surface area contributed by atoms with Crippen LogP contribution in [0.3, 0.4) is 0 Å². The summed E-state index contributed by atoms with van der Waals surface area (Å²) in [6.45, 7) is 4.63. The lowest BCUT2D eigenvalue weighted by molar-refractivity contribution is 0.0115. The minimum Gasteiger partial charge on any atom is -0.393 e. The van der Waals surface area contributed by atoms with E-state index in [4.69, 9.17) is 0 Å². The summed E-state index contributed by atoms with van der Waals surface area (Å²) in [6.07, 6.45) is 13.5. The molecule has 2 heteroatoms. The Balaban J connectivity index is 1.97. The molecule has 0 saturated heterocycles. The molecule has 0 amide bonds. The lowest BCUT2D eigenvalue weighted by atomic mass is 9.63. The van der Waals surface area contributed by atoms with Crippen molar-refractivity contribution in [3.8, 4) is 0 Å². The van der Waals surface area contributed by atoms with Gasteiger partial charge < -0.3 is 10.1 Å². The molecule has 0 aromatic carbocycles. The minimum atomic E-state index is -0.0811. The first kappa shape index (κ1) is 16.0. The Bertz CT molecular complexity index is 325. The van der Waals surface area contributed by atoms with E-state index in [1.807, 2.05) is 7.05 Å². The molecule has 2 fully saturated rings. The zero-order valence-corrected chi connectivity index (χ0v) is 13.6. The Morgan fingerprint density at radius 3 is 2.75 bits per heavy atom. The third-order valence-electron chi connectivity index (χ3n) is 5.80. The molecule has 2 aliphatic rings. The van der Waals surface area contributed by atoms with Gasteiger partial charge in [0.15, 0.2) is 0 Å². The third-order valence-corrected chi connectivity index (χ3v) is 5.80. The van der Waals surface area contributed by atoms with Crippen LogP contribution in [0.25, 0.3) is 0 Å². The summed E-state index contributed by atoms with van der Waals surface area (Å²) in [7, 11) is 1.90. The molecular weight excluding hydrogens is 246 g/mol. The summed E-state index contributed by atoms with van der Waals surface area (Å²) in [5, 5.41) is 10.4. The highest BCUT2D eigenvalue weighted by Crippen LogP contribution is 2.56. The van der Waals surface area contributed by atoms with Crippen LogP contribution >= 0.6 is 0 Å². The van der Waals surface area contributed by atoms with Crippen LogP contribution in [0.4, 0.5) is 0 Å². The van der Waals surface area contributed by atoms with E-state index in [0.717, 1.165) is 18.3 Å². The van der Waals surface area contributed by atoms with Gasteiger partial charge >= 0.3 is 0 Å². The molecule has 1 N–H and O–H groups in total. The maximum atomic E-state index is 10.4. The molecule has 20 heavy (non-hydrogen) atoms. The molecule has 2 rings (SSSR count). The second-order valence-corrected chi connectivity index (χ2v) is 7.52. The van der Waals surface area contributed by atoms with Gasteiger partial charge in [0.1, 0.15) is 0 Å². The lowest BCUT2D eigenvalue weighted by Crippen LogP contribution is -2.43. The fraction of sp³-hybridized carbons (Fsp3) is 0.944. The molecule has 0 heterocycles. The van der Waals surface area contributed by atoms with Crippen LogP contribution in [0.2, 0.25) is 0 Å². The fourth-order valence-corrected chi connectivity index (χ4v) is 4.84. The number of fused-ring (bicyclic) bond motifs is 1. The number of hydrogen-bond donors (Lipinski definition) is 1. The van der Waals surface area contributed by atoms with Crippen molar-refractivity contribution in [1.29, 1.82) is 0 Å². The first-order chi connectivity index (χ1) is 9.60. The van der Waals surface area contributed by atoms with Gasteiger partial charge in [0.2, 0.25) is 0 Å². The first-order valence-electron chi connectivity index (χ1n) is 8.71. The van der Waals surface area contributed by atoms with Gasteiger partial charge in [-0.05, 0) is 56.3 Å². The van der Waals surface area contributed by atoms with E-state index < -0.39 is 0 Å². The molecule has 0 aromatic rings. The van der Waals surface area contributed by atoms with Gasteiger partial charge in [-0.2, -0.15) is 0 Å². The predicted octanol–water partition coefficient (Wildman–Crippen LogP) is 4.46. The van der Waals surface area contributed by atoms with Crippen molar-refractivity contribution in [2.45, 2.75) is 77.7 Å². The highest BCUT2D eigenvalue weighted by atomic mass is 16.3. The molecule has 0 radical (unpaired) electrons. The molecule has 2 saturated carbocycles. The Morgan fingerprint density at radius 2 is 2.05 bits per heavy atom. The van der Waals surface area contributed by atoms with E-state index in [2.05, 4.69) is 25.1 Å². The molecule has 0 bridgehead atoms. The summed E-state index contributed by atoms with van der Waals surface area (Å²) in [5.74, 6) is 2.07. The second kappa shape index (κ2) is 7.06. The monoisotopic (exact) mass is 279 g/mol. The van der Waals surface area contributed by atoms with Crippen LogP contribution in [-0.2, 0) is 0 Å². The van der Waals surface area contributed by atoms with Crippen LogP contribution in [0.15, 0.2) is 4.99 Å². The molecule has 0 aromatic heterocycles. The molecule has 0 spiro atoms. The lowest BCUT2D eigenvalue weighted by Gasteiger charge is -2.43. The maximum absolute atomic E-state index is 10.4. The standard InChI is InChI=1S/C18H33NO/c1-14(2)7-4-5-8-15-10-11-16-17(20)9-6-12-18(15,16)13-19-3/h13-17,20H,4-12H2,1-3H3/b19-13+/t15-,16-,17?,18?/m0/s1. The average Bonchev–Trinajstić information content (AvgIpc) is 2.75. The van der Waals surface area contributed by atoms with Gasteiger partial charge in [-0.25, -0.2) is 0 Å². The Morgan fingerprint density at radius 1 is 1.25 bits per heavy atom. The van der Waals surface area contributed by atoms with E-state index in [-0.39, 0.29) is 11.5 Å². The molecular formula is C18H33NO. The largest absolute Gasteiger partial charge is 0.393 e. The minimum absolute atomic E-state index is 0.0811. The second-order valence-electron chi connectivity index (χ2n) is 7.52. The van der Waals surface area contributed by atoms with Crippen molar-refractivity contribution < 1.29 is 5.11 Å². The molecule has 4 atom stereocenters. The highest BCUT2D eigenvalue weighted by Gasteiger charge is 2.52. The summed E-state index contributed by atoms with van der Waals surface area (Å²) < 4.78 is 0. The summed E-state index contributed by atoms with van der Waals surface area (Å²) >= 11 is 0. The van der Waals surface area contributed by atoms with E-state index >= 15 is 0 Å². The van der Waals surface area contributed by atoms with Crippen molar-refractivity contribution in [2.24, 2.45) is 28.2 Å². The van der Waals surface area contributed by atoms with Crippen molar-refractivity contribution in [2.75, 3.05) is 7.05 Å². The Labute approximate surface area is 125 Å². The van der Waals surface area contributed by atoms with Crippen LogP contribution in [0.1, 0.15) is 71.6 Å². The molecule has 116 valence electrons. The van der Waals surface area contributed by atoms with Crippen molar-refractivity contribution in [3.63, 3.8) is 0 Å². The van der Waals surface area contributed by atoms with Crippen LogP contribution in [0, 0.1) is 23.2 Å². The SMILES string of the molecule is C/N=C/C12CCCC(O)[C@@H]1CC[C@@H]2CCCCC(C)C. The summed E-state index contributed by atoms with van der Waals surface area (Å²) in [5.41, 5.74) is 0.226. The van der Waals surface area contributed by atoms with E-state index in [1.165, 1.54) is 51.4 Å². The average molecular weight is 279 g/mol. The van der Waals surface area contributed by atoms with Crippen molar-refractivity contribution in [3.05, 3.63) is 0 Å². The van der Waals surface area contributed by atoms with Gasteiger partial charge in [0, 0.05) is 18.7 Å². The van der Waals surface area contributed by atoms with E-state index in [1.54, 1.807) is 0 Å². The highest BCUT2D eigenvalue weighted by molar-refractivity contribution is 5.67. The molecule has 2 aliphatic carbocycles. The number of unbranched alkanes of at least 4 members (excludes halogenated alkanes) is 1. The number of hydrogen-bond acceptors (Lipinski definition) is 2. The smallest absolute Gasteiger partial charge is 0.0577 e. The maximum Gasteiger partial charge on any atom is 0.0577 e. The normalized spacial score (nSPS) is 37.8. The van der Waals surface area contributed by atoms with Gasteiger partial charge in [0.25, 0.3) is 0 Å². The van der Waals surface area contributed by atoms with Crippen molar-refractivity contribution >= 4 is 6.21 Å². The van der Waals surface area contributed by atoms with E-state index in [9.17, 15) is 5.11 Å². The summed E-state index contributed by atoms with van der Waals surface area (Å²) in [4.78, 5) is 4.40.